The molecule has 3 rings (SSSR count). The van der Waals surface area contributed by atoms with Crippen LogP contribution in [0.4, 0.5) is 5.00 Å². The number of aryl methyl sites for hydroxylation is 1. The summed E-state index contributed by atoms with van der Waals surface area (Å²) in [6, 6.07) is 4.88. The summed E-state index contributed by atoms with van der Waals surface area (Å²) >= 11 is 1.14. The Morgan fingerprint density at radius 3 is 2.81 bits per heavy atom. The van der Waals surface area contributed by atoms with Crippen molar-refractivity contribution in [1.82, 2.24) is 9.80 Å². The number of nitrogens with zero attached hydrogens (tertiary/aromatic N) is 2. The van der Waals surface area contributed by atoms with E-state index < -0.39 is 5.91 Å². The van der Waals surface area contributed by atoms with Crippen LogP contribution in [0.5, 0.6) is 0 Å². The lowest BCUT2D eigenvalue weighted by Gasteiger charge is -2.32. The quantitative estimate of drug-likeness (QED) is 0.635. The molecule has 0 spiro atoms. The largest absolute Gasteiger partial charge is 0.466 e. The summed E-state index contributed by atoms with van der Waals surface area (Å²) in [5.41, 5.74) is 0.703. The minimum atomic E-state index is -0.403. The van der Waals surface area contributed by atoms with Crippen molar-refractivity contribution in [3.8, 4) is 0 Å². The molecule has 1 N–H and O–H groups in total. The molecule has 172 valence electrons. The summed E-state index contributed by atoms with van der Waals surface area (Å²) in [4.78, 5) is 53.3. The van der Waals surface area contributed by atoms with Crippen LogP contribution >= 0.6 is 11.3 Å². The highest BCUT2D eigenvalue weighted by Gasteiger charge is 2.30. The van der Waals surface area contributed by atoms with Gasteiger partial charge in [0.15, 0.2) is 5.76 Å². The number of rotatable bonds is 7. The number of hydrogen-bond acceptors (Lipinski definition) is 7. The van der Waals surface area contributed by atoms with Gasteiger partial charge in [-0.3, -0.25) is 19.2 Å². The fraction of sp³-hybridized carbons (Fsp3) is 0.455. The first-order chi connectivity index (χ1) is 15.3. The maximum atomic E-state index is 12.9. The molecular formula is C22H27N3O6S. The van der Waals surface area contributed by atoms with E-state index in [1.807, 2.05) is 0 Å². The molecule has 0 radical (unpaired) electrons. The lowest BCUT2D eigenvalue weighted by molar-refractivity contribution is -0.151. The van der Waals surface area contributed by atoms with E-state index >= 15 is 0 Å². The van der Waals surface area contributed by atoms with Crippen molar-refractivity contribution in [3.63, 3.8) is 0 Å². The summed E-state index contributed by atoms with van der Waals surface area (Å²) in [5.74, 6) is -1.36. The number of likely N-dealkylation sites (tertiary alicyclic amines) is 1. The van der Waals surface area contributed by atoms with Crippen molar-refractivity contribution in [3.05, 3.63) is 40.7 Å². The normalized spacial score (nSPS) is 15.8. The van der Waals surface area contributed by atoms with E-state index in [1.165, 1.54) is 11.2 Å². The molecule has 10 heteroatoms. The molecule has 3 heterocycles. The Hall–Kier alpha value is -3.14. The van der Waals surface area contributed by atoms with E-state index in [1.54, 1.807) is 44.0 Å². The molecular weight excluding hydrogens is 434 g/mol. The van der Waals surface area contributed by atoms with Gasteiger partial charge in [0.1, 0.15) is 0 Å². The second-order valence-corrected chi connectivity index (χ2v) is 8.70. The van der Waals surface area contributed by atoms with E-state index in [-0.39, 0.29) is 36.0 Å². The van der Waals surface area contributed by atoms with Crippen LogP contribution in [-0.2, 0) is 14.3 Å². The van der Waals surface area contributed by atoms with Crippen molar-refractivity contribution >= 4 is 40.0 Å². The number of amides is 3. The van der Waals surface area contributed by atoms with Gasteiger partial charge in [-0.25, -0.2) is 0 Å². The van der Waals surface area contributed by atoms with E-state index in [2.05, 4.69) is 5.32 Å². The predicted octanol–water partition coefficient (Wildman–Crippen LogP) is 2.78. The van der Waals surface area contributed by atoms with Crippen molar-refractivity contribution in [1.29, 1.82) is 0 Å². The monoisotopic (exact) mass is 461 g/mol. The summed E-state index contributed by atoms with van der Waals surface area (Å²) in [6.07, 6.45) is 2.82. The van der Waals surface area contributed by atoms with Crippen molar-refractivity contribution in [2.75, 3.05) is 38.6 Å². The first-order valence-corrected chi connectivity index (χ1v) is 11.3. The van der Waals surface area contributed by atoms with Gasteiger partial charge in [-0.05, 0) is 50.5 Å². The van der Waals surface area contributed by atoms with Crippen molar-refractivity contribution in [2.45, 2.75) is 26.7 Å². The summed E-state index contributed by atoms with van der Waals surface area (Å²) in [7, 11) is 1.56. The molecule has 1 unspecified atom stereocenters. The molecule has 1 aliphatic rings. The van der Waals surface area contributed by atoms with Gasteiger partial charge in [-0.15, -0.1) is 11.3 Å². The molecule has 1 atom stereocenters. The molecule has 1 aliphatic heterocycles. The highest BCUT2D eigenvalue weighted by atomic mass is 32.1. The minimum Gasteiger partial charge on any atom is -0.466 e. The fourth-order valence-electron chi connectivity index (χ4n) is 3.54. The molecule has 32 heavy (non-hydrogen) atoms. The van der Waals surface area contributed by atoms with Crippen molar-refractivity contribution < 1.29 is 28.3 Å². The van der Waals surface area contributed by atoms with Crippen LogP contribution in [0.2, 0.25) is 0 Å². The number of likely N-dealkylation sites (N-methyl/N-ethyl adjacent to an activating group) is 1. The standard InChI is InChI=1S/C22H27N3O6S/c1-4-30-22(29)15-7-5-9-25(12-15)18(26)13-24(3)21(28)19-14(2)11-17(32-19)23-20(27)16-8-6-10-31-16/h6,8,10-11,15H,4-5,7,9,12-13H2,1-3H3,(H,23,27). The van der Waals surface area contributed by atoms with E-state index in [9.17, 15) is 19.2 Å². The highest BCUT2D eigenvalue weighted by molar-refractivity contribution is 7.18. The predicted molar refractivity (Wildman–Crippen MR) is 119 cm³/mol. The second kappa shape index (κ2) is 10.4. The van der Waals surface area contributed by atoms with Crippen LogP contribution in [-0.4, -0.2) is 66.8 Å². The molecule has 2 aromatic rings. The second-order valence-electron chi connectivity index (χ2n) is 7.65. The Morgan fingerprint density at radius 2 is 2.12 bits per heavy atom. The Balaban J connectivity index is 1.59. The number of ether oxygens (including phenoxy) is 1. The topological polar surface area (TPSA) is 109 Å². The van der Waals surface area contributed by atoms with E-state index in [4.69, 9.17) is 9.15 Å². The zero-order valence-electron chi connectivity index (χ0n) is 18.4. The van der Waals surface area contributed by atoms with Crippen LogP contribution in [0.1, 0.15) is 45.6 Å². The Kier molecular flexibility index (Phi) is 7.68. The Labute approximate surface area is 190 Å². The van der Waals surface area contributed by atoms with Gasteiger partial charge < -0.3 is 24.3 Å². The van der Waals surface area contributed by atoms with Gasteiger partial charge in [0.2, 0.25) is 5.91 Å². The average molecular weight is 462 g/mol. The van der Waals surface area contributed by atoms with Crippen LogP contribution in [0.25, 0.3) is 0 Å². The third-order valence-electron chi connectivity index (χ3n) is 5.21. The van der Waals surface area contributed by atoms with Crippen LogP contribution in [0.15, 0.2) is 28.9 Å². The maximum absolute atomic E-state index is 12.9. The summed E-state index contributed by atoms with van der Waals surface area (Å²) < 4.78 is 10.2. The number of furan rings is 1. The number of thiophene rings is 1. The van der Waals surface area contributed by atoms with Crippen molar-refractivity contribution in [2.24, 2.45) is 5.92 Å². The molecule has 2 aromatic heterocycles. The summed E-state index contributed by atoms with van der Waals surface area (Å²) in [5, 5.41) is 3.23. The SMILES string of the molecule is CCOC(=O)C1CCCN(C(=O)CN(C)C(=O)c2sc(NC(=O)c3ccco3)cc2C)C1. The smallest absolute Gasteiger partial charge is 0.310 e. The number of esters is 1. The Morgan fingerprint density at radius 1 is 1.34 bits per heavy atom. The number of carbonyl (C=O) groups excluding carboxylic acids is 4. The van der Waals surface area contributed by atoms with E-state index in [0.29, 0.717) is 41.6 Å². The molecule has 0 saturated carbocycles. The molecule has 3 amide bonds. The third kappa shape index (κ3) is 5.56. The molecule has 1 saturated heterocycles. The first kappa shape index (κ1) is 23.5. The number of piperidine rings is 1. The fourth-order valence-corrected chi connectivity index (χ4v) is 4.60. The van der Waals surface area contributed by atoms with Crippen LogP contribution in [0.3, 0.4) is 0 Å². The van der Waals surface area contributed by atoms with Crippen LogP contribution < -0.4 is 5.32 Å². The highest BCUT2D eigenvalue weighted by Crippen LogP contribution is 2.28. The van der Waals surface area contributed by atoms with Gasteiger partial charge in [0.05, 0.1) is 35.2 Å². The number of carbonyl (C=O) groups is 4. The molecule has 9 nitrogen and oxygen atoms in total. The maximum Gasteiger partial charge on any atom is 0.310 e. The van der Waals surface area contributed by atoms with Crippen LogP contribution in [0, 0.1) is 12.8 Å². The zero-order chi connectivity index (χ0) is 23.3. The van der Waals surface area contributed by atoms with Gasteiger partial charge >= 0.3 is 5.97 Å². The molecule has 1 fully saturated rings. The average Bonchev–Trinajstić information content (AvgIpc) is 3.43. The van der Waals surface area contributed by atoms with Gasteiger partial charge in [-0.1, -0.05) is 0 Å². The minimum absolute atomic E-state index is 0.0974. The lowest BCUT2D eigenvalue weighted by Crippen LogP contribution is -2.47. The third-order valence-corrected chi connectivity index (χ3v) is 6.35. The number of anilines is 1. The number of hydrogen-bond donors (Lipinski definition) is 1. The lowest BCUT2D eigenvalue weighted by atomic mass is 9.98. The van der Waals surface area contributed by atoms with E-state index in [0.717, 1.165) is 17.8 Å². The van der Waals surface area contributed by atoms with Gasteiger partial charge in [0.25, 0.3) is 11.8 Å². The summed E-state index contributed by atoms with van der Waals surface area (Å²) in [6.45, 7) is 4.60. The first-order valence-electron chi connectivity index (χ1n) is 10.4. The van der Waals surface area contributed by atoms with Gasteiger partial charge in [-0.2, -0.15) is 0 Å². The molecule has 0 aliphatic carbocycles. The molecule has 0 aromatic carbocycles. The molecule has 0 bridgehead atoms. The zero-order valence-corrected chi connectivity index (χ0v) is 19.2. The number of nitrogens with one attached hydrogen (secondary N) is 1. The van der Waals surface area contributed by atoms with Gasteiger partial charge in [0, 0.05) is 20.1 Å². The Bertz CT molecular complexity index is 984.